The van der Waals surface area contributed by atoms with E-state index >= 15 is 0 Å². The van der Waals surface area contributed by atoms with E-state index in [0.29, 0.717) is 31.7 Å². The zero-order valence-corrected chi connectivity index (χ0v) is 15.3. The summed E-state index contributed by atoms with van der Waals surface area (Å²) in [6, 6.07) is 13.6. The second kappa shape index (κ2) is 7.35. The van der Waals surface area contributed by atoms with E-state index < -0.39 is 10.0 Å². The monoisotopic (exact) mass is 375 g/mol. The lowest BCUT2D eigenvalue weighted by atomic mass is 10.1. The van der Waals surface area contributed by atoms with E-state index in [4.69, 9.17) is 9.88 Å². The lowest BCUT2D eigenvalue weighted by Crippen LogP contribution is -2.48. The van der Waals surface area contributed by atoms with Crippen molar-refractivity contribution in [3.05, 3.63) is 54.1 Å². The Morgan fingerprint density at radius 3 is 2.27 bits per heavy atom. The van der Waals surface area contributed by atoms with Crippen LogP contribution >= 0.6 is 0 Å². The van der Waals surface area contributed by atoms with Gasteiger partial charge in [0, 0.05) is 37.4 Å². The Morgan fingerprint density at radius 1 is 1.04 bits per heavy atom. The number of methoxy groups -OCH3 is 1. The molecular formula is C18H21N3O4S. The van der Waals surface area contributed by atoms with Gasteiger partial charge in [0.1, 0.15) is 5.75 Å². The number of sulfonamides is 1. The van der Waals surface area contributed by atoms with Crippen LogP contribution in [0.1, 0.15) is 10.4 Å². The third-order valence-corrected chi connectivity index (χ3v) is 5.32. The van der Waals surface area contributed by atoms with Gasteiger partial charge in [-0.1, -0.05) is 6.07 Å². The fraction of sp³-hybridized carbons (Fsp3) is 0.278. The molecule has 138 valence electrons. The van der Waals surface area contributed by atoms with Gasteiger partial charge in [0.25, 0.3) is 5.91 Å². The topological polar surface area (TPSA) is 92.9 Å². The van der Waals surface area contributed by atoms with E-state index in [1.54, 1.807) is 18.1 Å². The summed E-state index contributed by atoms with van der Waals surface area (Å²) >= 11 is 0. The first-order chi connectivity index (χ1) is 12.4. The zero-order valence-electron chi connectivity index (χ0n) is 14.5. The highest BCUT2D eigenvalue weighted by atomic mass is 32.2. The first kappa shape index (κ1) is 18.2. The molecule has 7 nitrogen and oxygen atoms in total. The molecule has 0 unspecified atom stereocenters. The van der Waals surface area contributed by atoms with Crippen molar-refractivity contribution in [2.75, 3.05) is 38.2 Å². The second-order valence-electron chi connectivity index (χ2n) is 6.05. The van der Waals surface area contributed by atoms with Crippen LogP contribution in [0.25, 0.3) is 0 Å². The first-order valence-corrected chi connectivity index (χ1v) is 9.74. The molecule has 0 atom stereocenters. The van der Waals surface area contributed by atoms with E-state index in [9.17, 15) is 13.2 Å². The number of nitrogens with two attached hydrogens (primary N) is 1. The van der Waals surface area contributed by atoms with Gasteiger partial charge in [-0.25, -0.2) is 13.6 Å². The van der Waals surface area contributed by atoms with Gasteiger partial charge in [-0.2, -0.15) is 0 Å². The maximum absolute atomic E-state index is 12.7. The maximum Gasteiger partial charge on any atom is 0.254 e. The Hall–Kier alpha value is -2.58. The standard InChI is InChI=1S/C18H21N3O4S/c1-25-16-7-5-15(6-8-16)20-9-11-21(12-10-20)18(22)14-3-2-4-17(13-14)26(19,23)24/h2-8,13H,9-12H2,1H3,(H2,19,23,24). The average molecular weight is 375 g/mol. The van der Waals surface area contributed by atoms with Gasteiger partial charge >= 0.3 is 0 Å². The Balaban J connectivity index is 1.67. The van der Waals surface area contributed by atoms with Crippen LogP contribution in [-0.4, -0.2) is 52.5 Å². The summed E-state index contributed by atoms with van der Waals surface area (Å²) in [6.45, 7) is 2.52. The van der Waals surface area contributed by atoms with Crippen LogP contribution in [0.5, 0.6) is 5.75 Å². The molecule has 2 aromatic rings. The molecule has 2 N–H and O–H groups in total. The van der Waals surface area contributed by atoms with Gasteiger partial charge in [-0.05, 0) is 42.5 Å². The normalized spacial score (nSPS) is 15.0. The highest BCUT2D eigenvalue weighted by Crippen LogP contribution is 2.21. The number of rotatable bonds is 4. The Kier molecular flexibility index (Phi) is 5.15. The van der Waals surface area contributed by atoms with Gasteiger partial charge in [-0.15, -0.1) is 0 Å². The highest BCUT2D eigenvalue weighted by Gasteiger charge is 2.23. The first-order valence-electron chi connectivity index (χ1n) is 8.19. The second-order valence-corrected chi connectivity index (χ2v) is 7.61. The van der Waals surface area contributed by atoms with Gasteiger partial charge in [-0.3, -0.25) is 4.79 Å². The van der Waals surface area contributed by atoms with Crippen molar-refractivity contribution in [2.24, 2.45) is 5.14 Å². The number of piperazine rings is 1. The Morgan fingerprint density at radius 2 is 1.69 bits per heavy atom. The third kappa shape index (κ3) is 3.97. The fourth-order valence-corrected chi connectivity index (χ4v) is 3.51. The van der Waals surface area contributed by atoms with E-state index in [1.165, 1.54) is 18.2 Å². The lowest BCUT2D eigenvalue weighted by Gasteiger charge is -2.36. The quantitative estimate of drug-likeness (QED) is 0.870. The summed E-state index contributed by atoms with van der Waals surface area (Å²) in [5.74, 6) is 0.613. The number of benzene rings is 2. The van der Waals surface area contributed by atoms with Crippen LogP contribution in [-0.2, 0) is 10.0 Å². The summed E-state index contributed by atoms with van der Waals surface area (Å²) in [4.78, 5) is 16.5. The van der Waals surface area contributed by atoms with E-state index in [-0.39, 0.29) is 10.8 Å². The van der Waals surface area contributed by atoms with Gasteiger partial charge in [0.15, 0.2) is 0 Å². The van der Waals surface area contributed by atoms with Crippen LogP contribution in [0.2, 0.25) is 0 Å². The molecule has 1 saturated heterocycles. The number of nitrogens with zero attached hydrogens (tertiary/aromatic N) is 2. The summed E-state index contributed by atoms with van der Waals surface area (Å²) in [5.41, 5.74) is 1.41. The third-order valence-electron chi connectivity index (χ3n) is 4.41. The Bertz CT molecular complexity index is 889. The van der Waals surface area contributed by atoms with Crippen molar-refractivity contribution >= 4 is 21.6 Å². The molecular weight excluding hydrogens is 354 g/mol. The maximum atomic E-state index is 12.7. The van der Waals surface area contributed by atoms with E-state index in [1.807, 2.05) is 24.3 Å². The molecule has 2 aromatic carbocycles. The number of ether oxygens (including phenoxy) is 1. The number of carbonyl (C=O) groups excluding carboxylic acids is 1. The number of hydrogen-bond acceptors (Lipinski definition) is 5. The van der Waals surface area contributed by atoms with Gasteiger partial charge in [0.05, 0.1) is 12.0 Å². The number of primary sulfonamides is 1. The number of carbonyl (C=O) groups is 1. The molecule has 8 heteroatoms. The molecule has 26 heavy (non-hydrogen) atoms. The van der Waals surface area contributed by atoms with Crippen LogP contribution in [0.15, 0.2) is 53.4 Å². The zero-order chi connectivity index (χ0) is 18.7. The molecule has 0 radical (unpaired) electrons. The van der Waals surface area contributed by atoms with Crippen molar-refractivity contribution in [3.63, 3.8) is 0 Å². The molecule has 0 spiro atoms. The largest absolute Gasteiger partial charge is 0.497 e. The molecule has 1 heterocycles. The molecule has 1 amide bonds. The van der Waals surface area contributed by atoms with Crippen molar-refractivity contribution in [1.82, 2.24) is 4.90 Å². The predicted octanol–water partition coefficient (Wildman–Crippen LogP) is 1.30. The van der Waals surface area contributed by atoms with Crippen LogP contribution < -0.4 is 14.8 Å². The fourth-order valence-electron chi connectivity index (χ4n) is 2.95. The van der Waals surface area contributed by atoms with Gasteiger partial charge < -0.3 is 14.5 Å². The number of anilines is 1. The summed E-state index contributed by atoms with van der Waals surface area (Å²) in [5, 5.41) is 5.14. The van der Waals surface area contributed by atoms with Crippen molar-refractivity contribution in [1.29, 1.82) is 0 Å². The summed E-state index contributed by atoms with van der Waals surface area (Å²) in [6.07, 6.45) is 0. The highest BCUT2D eigenvalue weighted by molar-refractivity contribution is 7.89. The SMILES string of the molecule is COc1ccc(N2CCN(C(=O)c3cccc(S(N)(=O)=O)c3)CC2)cc1. The van der Waals surface area contributed by atoms with Crippen molar-refractivity contribution in [3.8, 4) is 5.75 Å². The van der Waals surface area contributed by atoms with Crippen molar-refractivity contribution in [2.45, 2.75) is 4.90 Å². The predicted molar refractivity (Wildman–Crippen MR) is 98.9 cm³/mol. The molecule has 0 aliphatic carbocycles. The molecule has 1 aliphatic heterocycles. The van der Waals surface area contributed by atoms with Crippen LogP contribution in [0.4, 0.5) is 5.69 Å². The minimum absolute atomic E-state index is 0.0554. The van der Waals surface area contributed by atoms with Gasteiger partial charge in [0.2, 0.25) is 10.0 Å². The smallest absolute Gasteiger partial charge is 0.254 e. The molecule has 3 rings (SSSR count). The number of amides is 1. The molecule has 1 aliphatic rings. The molecule has 0 bridgehead atoms. The molecule has 1 fully saturated rings. The number of hydrogen-bond donors (Lipinski definition) is 1. The van der Waals surface area contributed by atoms with Crippen molar-refractivity contribution < 1.29 is 17.9 Å². The summed E-state index contributed by atoms with van der Waals surface area (Å²) < 4.78 is 28.1. The molecule has 0 aromatic heterocycles. The average Bonchev–Trinajstić information content (AvgIpc) is 2.67. The summed E-state index contributed by atoms with van der Waals surface area (Å²) in [7, 11) is -2.20. The van der Waals surface area contributed by atoms with Crippen LogP contribution in [0.3, 0.4) is 0 Å². The van der Waals surface area contributed by atoms with Crippen LogP contribution in [0, 0.1) is 0 Å². The molecule has 0 saturated carbocycles. The minimum Gasteiger partial charge on any atom is -0.497 e. The van der Waals surface area contributed by atoms with E-state index in [2.05, 4.69) is 4.90 Å². The Labute approximate surface area is 153 Å². The van der Waals surface area contributed by atoms with E-state index in [0.717, 1.165) is 11.4 Å². The lowest BCUT2D eigenvalue weighted by molar-refractivity contribution is 0.0746. The minimum atomic E-state index is -3.83.